The number of benzene rings is 1. The average Bonchev–Trinajstić information content (AvgIpc) is 2.77. The van der Waals surface area contributed by atoms with E-state index in [4.69, 9.17) is 4.42 Å². The molecule has 2 heterocycles. The Morgan fingerprint density at radius 2 is 2.16 bits per heavy atom. The molecule has 3 aromatic rings. The van der Waals surface area contributed by atoms with E-state index in [-0.39, 0.29) is 0 Å². The zero-order valence-electron chi connectivity index (χ0n) is 10.1. The third-order valence-electron chi connectivity index (χ3n) is 2.85. The molecule has 19 heavy (non-hydrogen) atoms. The minimum atomic E-state index is -0.448. The molecule has 96 valence electrons. The summed E-state index contributed by atoms with van der Waals surface area (Å²) in [5, 5.41) is 0. The molecule has 0 aliphatic carbocycles. The zero-order valence-corrected chi connectivity index (χ0v) is 11.6. The van der Waals surface area contributed by atoms with Crippen molar-refractivity contribution in [1.82, 2.24) is 9.97 Å². The Morgan fingerprint density at radius 1 is 1.32 bits per heavy atom. The smallest absolute Gasteiger partial charge is 0.408 e. The van der Waals surface area contributed by atoms with E-state index in [1.165, 1.54) is 0 Å². The van der Waals surface area contributed by atoms with Crippen LogP contribution in [0.4, 0.5) is 11.5 Å². The van der Waals surface area contributed by atoms with Gasteiger partial charge in [0.1, 0.15) is 5.82 Å². The number of aromatic amines is 1. The molecule has 3 rings (SSSR count). The van der Waals surface area contributed by atoms with Crippen LogP contribution < -0.4 is 10.7 Å². The summed E-state index contributed by atoms with van der Waals surface area (Å²) in [5.41, 5.74) is 2.11. The lowest BCUT2D eigenvalue weighted by Gasteiger charge is -2.17. The maximum Gasteiger partial charge on any atom is 0.417 e. The largest absolute Gasteiger partial charge is 0.417 e. The summed E-state index contributed by atoms with van der Waals surface area (Å²) >= 11 is 3.35. The van der Waals surface area contributed by atoms with Crippen LogP contribution in [0.5, 0.6) is 0 Å². The Balaban J connectivity index is 2.03. The Kier molecular flexibility index (Phi) is 2.87. The normalized spacial score (nSPS) is 10.8. The number of H-pyrrole nitrogens is 1. The summed E-state index contributed by atoms with van der Waals surface area (Å²) in [6, 6.07) is 9.34. The molecule has 0 aliphatic heterocycles. The standard InChI is InChI=1S/C13H10BrN3O2/c1-17(12-5-2-8(14)7-15-12)9-3-4-10-11(6-9)19-13(18)16-10/h2-7H,1H3,(H,16,18). The van der Waals surface area contributed by atoms with Gasteiger partial charge in [-0.05, 0) is 40.2 Å². The Labute approximate surface area is 117 Å². The molecular formula is C13H10BrN3O2. The number of pyridine rings is 1. The number of fused-ring (bicyclic) bond motifs is 1. The van der Waals surface area contributed by atoms with Crippen LogP contribution in [0.3, 0.4) is 0 Å². The number of hydrogen-bond donors (Lipinski definition) is 1. The van der Waals surface area contributed by atoms with Crippen LogP contribution in [-0.4, -0.2) is 17.0 Å². The summed E-state index contributed by atoms with van der Waals surface area (Å²) in [6.45, 7) is 0. The molecule has 0 amide bonds. The number of nitrogens with one attached hydrogen (secondary N) is 1. The van der Waals surface area contributed by atoms with E-state index >= 15 is 0 Å². The zero-order chi connectivity index (χ0) is 13.4. The lowest BCUT2D eigenvalue weighted by Crippen LogP contribution is -2.10. The highest BCUT2D eigenvalue weighted by Crippen LogP contribution is 2.25. The minimum Gasteiger partial charge on any atom is -0.408 e. The van der Waals surface area contributed by atoms with Gasteiger partial charge in [-0.25, -0.2) is 9.78 Å². The van der Waals surface area contributed by atoms with Crippen molar-refractivity contribution >= 4 is 38.5 Å². The number of nitrogens with zero attached hydrogens (tertiary/aromatic N) is 2. The second-order valence-electron chi connectivity index (χ2n) is 4.09. The molecule has 1 N–H and O–H groups in total. The van der Waals surface area contributed by atoms with E-state index in [1.54, 1.807) is 12.3 Å². The van der Waals surface area contributed by atoms with Crippen molar-refractivity contribution in [3.63, 3.8) is 0 Å². The minimum absolute atomic E-state index is 0.448. The average molecular weight is 320 g/mol. The number of halogens is 1. The van der Waals surface area contributed by atoms with Gasteiger partial charge in [-0.3, -0.25) is 4.98 Å². The topological polar surface area (TPSA) is 62.1 Å². The van der Waals surface area contributed by atoms with Crippen LogP contribution in [0.2, 0.25) is 0 Å². The van der Waals surface area contributed by atoms with Gasteiger partial charge in [-0.15, -0.1) is 0 Å². The van der Waals surface area contributed by atoms with Gasteiger partial charge in [-0.1, -0.05) is 0 Å². The third-order valence-corrected chi connectivity index (χ3v) is 3.32. The van der Waals surface area contributed by atoms with Gasteiger partial charge in [-0.2, -0.15) is 0 Å². The molecule has 0 radical (unpaired) electrons. The number of oxazole rings is 1. The predicted octanol–water partition coefficient (Wildman–Crippen LogP) is 3.05. The second kappa shape index (κ2) is 4.55. The van der Waals surface area contributed by atoms with Crippen LogP contribution in [0.15, 0.2) is 50.2 Å². The molecule has 6 heteroatoms. The van der Waals surface area contributed by atoms with Crippen molar-refractivity contribution < 1.29 is 4.42 Å². The van der Waals surface area contributed by atoms with E-state index in [2.05, 4.69) is 25.9 Å². The van der Waals surface area contributed by atoms with Crippen LogP contribution in [-0.2, 0) is 0 Å². The number of aromatic nitrogens is 2. The summed E-state index contributed by atoms with van der Waals surface area (Å²) in [6.07, 6.45) is 1.74. The maximum atomic E-state index is 11.1. The maximum absolute atomic E-state index is 11.1. The third kappa shape index (κ3) is 2.26. The molecule has 2 aromatic heterocycles. The number of hydrogen-bond acceptors (Lipinski definition) is 4. The second-order valence-corrected chi connectivity index (χ2v) is 5.00. The summed E-state index contributed by atoms with van der Waals surface area (Å²) < 4.78 is 5.98. The molecule has 0 spiro atoms. The highest BCUT2D eigenvalue weighted by Gasteiger charge is 2.08. The van der Waals surface area contributed by atoms with Gasteiger partial charge >= 0.3 is 5.76 Å². The first-order chi connectivity index (χ1) is 9.13. The van der Waals surface area contributed by atoms with Crippen molar-refractivity contribution in [2.24, 2.45) is 0 Å². The van der Waals surface area contributed by atoms with Crippen LogP contribution >= 0.6 is 15.9 Å². The van der Waals surface area contributed by atoms with Crippen molar-refractivity contribution in [2.75, 3.05) is 11.9 Å². The van der Waals surface area contributed by atoms with Gasteiger partial charge in [0.15, 0.2) is 5.58 Å². The molecule has 1 aromatic carbocycles. The Bertz CT molecular complexity index is 776. The fourth-order valence-corrected chi connectivity index (χ4v) is 2.08. The summed E-state index contributed by atoms with van der Waals surface area (Å²) in [7, 11) is 1.90. The summed E-state index contributed by atoms with van der Waals surface area (Å²) in [5.74, 6) is 0.358. The fraction of sp³-hybridized carbons (Fsp3) is 0.0769. The molecule has 0 bridgehead atoms. The van der Waals surface area contributed by atoms with E-state index in [1.807, 2.05) is 36.2 Å². The first-order valence-electron chi connectivity index (χ1n) is 5.61. The van der Waals surface area contributed by atoms with Crippen LogP contribution in [0.25, 0.3) is 11.1 Å². The van der Waals surface area contributed by atoms with E-state index in [9.17, 15) is 4.79 Å². The lowest BCUT2D eigenvalue weighted by molar-refractivity contribution is 0.555. The quantitative estimate of drug-likeness (QED) is 0.788. The van der Waals surface area contributed by atoms with Crippen LogP contribution in [0.1, 0.15) is 0 Å². The molecule has 0 unspecified atom stereocenters. The van der Waals surface area contributed by atoms with Crippen molar-refractivity contribution in [2.45, 2.75) is 0 Å². The predicted molar refractivity (Wildman–Crippen MR) is 76.8 cm³/mol. The van der Waals surface area contributed by atoms with E-state index in [0.29, 0.717) is 11.1 Å². The SMILES string of the molecule is CN(c1ccc2[nH]c(=O)oc2c1)c1ccc(Br)cn1. The van der Waals surface area contributed by atoms with Gasteiger partial charge in [0, 0.05) is 29.5 Å². The first-order valence-corrected chi connectivity index (χ1v) is 6.41. The Hall–Kier alpha value is -2.08. The van der Waals surface area contributed by atoms with Gasteiger partial charge in [0.05, 0.1) is 5.52 Å². The first kappa shape index (κ1) is 12.0. The van der Waals surface area contributed by atoms with E-state index < -0.39 is 5.76 Å². The molecule has 0 saturated carbocycles. The molecule has 0 fully saturated rings. The van der Waals surface area contributed by atoms with E-state index in [0.717, 1.165) is 16.0 Å². The number of rotatable bonds is 2. The monoisotopic (exact) mass is 319 g/mol. The molecule has 0 aliphatic rings. The van der Waals surface area contributed by atoms with Gasteiger partial charge in [0.2, 0.25) is 0 Å². The van der Waals surface area contributed by atoms with Gasteiger partial charge < -0.3 is 9.32 Å². The lowest BCUT2D eigenvalue weighted by atomic mass is 10.2. The van der Waals surface area contributed by atoms with Crippen molar-refractivity contribution in [3.8, 4) is 0 Å². The molecule has 5 nitrogen and oxygen atoms in total. The van der Waals surface area contributed by atoms with Crippen molar-refractivity contribution in [1.29, 1.82) is 0 Å². The van der Waals surface area contributed by atoms with Gasteiger partial charge in [0.25, 0.3) is 0 Å². The number of anilines is 2. The molecule has 0 atom stereocenters. The summed E-state index contributed by atoms with van der Waals surface area (Å²) in [4.78, 5) is 20.0. The fourth-order valence-electron chi connectivity index (χ4n) is 1.84. The molecule has 0 saturated heterocycles. The highest BCUT2D eigenvalue weighted by atomic mass is 79.9. The van der Waals surface area contributed by atoms with Crippen molar-refractivity contribution in [3.05, 3.63) is 51.6 Å². The highest BCUT2D eigenvalue weighted by molar-refractivity contribution is 9.10. The molecular weight excluding hydrogens is 310 g/mol. The van der Waals surface area contributed by atoms with Crippen LogP contribution in [0, 0.1) is 0 Å². The Morgan fingerprint density at radius 3 is 2.89 bits per heavy atom.